The number of amides is 1. The summed E-state index contributed by atoms with van der Waals surface area (Å²) in [5.41, 5.74) is 1.75. The van der Waals surface area contributed by atoms with E-state index < -0.39 is 10.8 Å². The van der Waals surface area contributed by atoms with Gasteiger partial charge >= 0.3 is 5.69 Å². The first-order valence-corrected chi connectivity index (χ1v) is 7.98. The number of rotatable bonds is 6. The number of nitro groups is 1. The van der Waals surface area contributed by atoms with Gasteiger partial charge in [-0.2, -0.15) is 4.98 Å². The van der Waals surface area contributed by atoms with Gasteiger partial charge in [-0.3, -0.25) is 14.9 Å². The van der Waals surface area contributed by atoms with Crippen molar-refractivity contribution in [1.29, 1.82) is 0 Å². The van der Waals surface area contributed by atoms with Gasteiger partial charge in [0.25, 0.3) is 5.91 Å². The van der Waals surface area contributed by atoms with Gasteiger partial charge in [-0.15, -0.1) is 0 Å². The lowest BCUT2D eigenvalue weighted by molar-refractivity contribution is -0.385. The van der Waals surface area contributed by atoms with Gasteiger partial charge in [0.2, 0.25) is 11.7 Å². The van der Waals surface area contributed by atoms with Crippen molar-refractivity contribution in [2.24, 2.45) is 0 Å². The molecule has 3 rings (SSSR count). The molecule has 0 unspecified atom stereocenters. The molecular formula is C18H16N4O5. The van der Waals surface area contributed by atoms with Crippen LogP contribution in [0, 0.1) is 17.0 Å². The standard InChI is InChI=1S/C18H16N4O5/c1-11-3-5-12(6-4-11)17-20-16(27-21-17)10-19-18(23)13-7-8-15(26-2)14(9-13)22(24)25/h3-9H,10H2,1-2H3,(H,19,23). The molecule has 1 amide bonds. The lowest BCUT2D eigenvalue weighted by atomic mass is 10.1. The number of hydrogen-bond donors (Lipinski definition) is 1. The number of carbonyl (C=O) groups excluding carboxylic acids is 1. The van der Waals surface area contributed by atoms with Crippen LogP contribution in [0.4, 0.5) is 5.69 Å². The van der Waals surface area contributed by atoms with Crippen LogP contribution in [-0.4, -0.2) is 28.1 Å². The van der Waals surface area contributed by atoms with Crippen molar-refractivity contribution < 1.29 is 19.0 Å². The first-order valence-electron chi connectivity index (χ1n) is 7.98. The summed E-state index contributed by atoms with van der Waals surface area (Å²) in [6, 6.07) is 11.6. The van der Waals surface area contributed by atoms with Crippen molar-refractivity contribution in [2.75, 3.05) is 7.11 Å². The highest BCUT2D eigenvalue weighted by molar-refractivity contribution is 5.95. The average Bonchev–Trinajstić information content (AvgIpc) is 3.15. The molecule has 0 saturated carbocycles. The summed E-state index contributed by atoms with van der Waals surface area (Å²) < 4.78 is 10.0. The first kappa shape index (κ1) is 18.1. The molecule has 138 valence electrons. The van der Waals surface area contributed by atoms with Gasteiger partial charge in [-0.25, -0.2) is 0 Å². The molecule has 9 heteroatoms. The zero-order chi connectivity index (χ0) is 19.4. The normalized spacial score (nSPS) is 10.4. The van der Waals surface area contributed by atoms with E-state index in [9.17, 15) is 14.9 Å². The van der Waals surface area contributed by atoms with Crippen LogP contribution in [0.2, 0.25) is 0 Å². The number of ether oxygens (including phenoxy) is 1. The molecule has 1 N–H and O–H groups in total. The Labute approximate surface area is 154 Å². The van der Waals surface area contributed by atoms with Crippen molar-refractivity contribution in [1.82, 2.24) is 15.5 Å². The van der Waals surface area contributed by atoms with E-state index in [1.807, 2.05) is 31.2 Å². The Balaban J connectivity index is 1.68. The number of benzene rings is 2. The number of aromatic nitrogens is 2. The highest BCUT2D eigenvalue weighted by Gasteiger charge is 2.18. The maximum absolute atomic E-state index is 12.2. The number of nitrogens with one attached hydrogen (secondary N) is 1. The zero-order valence-corrected chi connectivity index (χ0v) is 14.6. The second-order valence-electron chi connectivity index (χ2n) is 5.70. The molecule has 0 radical (unpaired) electrons. The molecular weight excluding hydrogens is 352 g/mol. The van der Waals surface area contributed by atoms with E-state index in [0.717, 1.165) is 17.2 Å². The quantitative estimate of drug-likeness (QED) is 0.524. The minimum Gasteiger partial charge on any atom is -0.490 e. The lowest BCUT2D eigenvalue weighted by Gasteiger charge is -2.05. The zero-order valence-electron chi connectivity index (χ0n) is 14.6. The van der Waals surface area contributed by atoms with Gasteiger partial charge in [0, 0.05) is 17.2 Å². The monoisotopic (exact) mass is 368 g/mol. The fourth-order valence-corrected chi connectivity index (χ4v) is 2.38. The van der Waals surface area contributed by atoms with Crippen LogP contribution in [0.5, 0.6) is 5.75 Å². The summed E-state index contributed by atoms with van der Waals surface area (Å²) in [5.74, 6) is 0.216. The molecule has 0 aliphatic rings. The number of methoxy groups -OCH3 is 1. The largest absolute Gasteiger partial charge is 0.490 e. The summed E-state index contributed by atoms with van der Waals surface area (Å²) in [7, 11) is 1.32. The molecule has 0 aliphatic carbocycles. The summed E-state index contributed by atoms with van der Waals surface area (Å²) >= 11 is 0. The van der Waals surface area contributed by atoms with Gasteiger partial charge < -0.3 is 14.6 Å². The third-order valence-corrected chi connectivity index (χ3v) is 3.82. The van der Waals surface area contributed by atoms with Gasteiger partial charge in [-0.1, -0.05) is 35.0 Å². The molecule has 27 heavy (non-hydrogen) atoms. The molecule has 1 heterocycles. The lowest BCUT2D eigenvalue weighted by Crippen LogP contribution is -2.23. The molecule has 1 aromatic heterocycles. The highest BCUT2D eigenvalue weighted by atomic mass is 16.6. The molecule has 2 aromatic carbocycles. The van der Waals surface area contributed by atoms with E-state index in [1.165, 1.54) is 19.2 Å². The van der Waals surface area contributed by atoms with Gasteiger partial charge in [0.05, 0.1) is 18.6 Å². The number of nitro benzene ring substituents is 1. The van der Waals surface area contributed by atoms with E-state index in [2.05, 4.69) is 15.5 Å². The van der Waals surface area contributed by atoms with E-state index in [0.29, 0.717) is 5.82 Å². The topological polar surface area (TPSA) is 120 Å². The molecule has 0 saturated heterocycles. The second-order valence-corrected chi connectivity index (χ2v) is 5.70. The fraction of sp³-hybridized carbons (Fsp3) is 0.167. The predicted octanol–water partition coefficient (Wildman–Crippen LogP) is 2.89. The minimum atomic E-state index is -0.610. The smallest absolute Gasteiger partial charge is 0.311 e. The van der Waals surface area contributed by atoms with Gasteiger partial charge in [0.15, 0.2) is 5.75 Å². The molecule has 0 fully saturated rings. The predicted molar refractivity (Wildman–Crippen MR) is 95.3 cm³/mol. The third kappa shape index (κ3) is 4.09. The first-order chi connectivity index (χ1) is 13.0. The Kier molecular flexibility index (Phi) is 5.11. The highest BCUT2D eigenvalue weighted by Crippen LogP contribution is 2.27. The number of aryl methyl sites for hydroxylation is 1. The van der Waals surface area contributed by atoms with Gasteiger partial charge in [-0.05, 0) is 19.1 Å². The van der Waals surface area contributed by atoms with Crippen LogP contribution in [-0.2, 0) is 6.54 Å². The number of carbonyl (C=O) groups is 1. The third-order valence-electron chi connectivity index (χ3n) is 3.82. The van der Waals surface area contributed by atoms with Gasteiger partial charge in [0.1, 0.15) is 0 Å². The fourth-order valence-electron chi connectivity index (χ4n) is 2.38. The molecule has 0 aliphatic heterocycles. The maximum atomic E-state index is 12.2. The summed E-state index contributed by atoms with van der Waals surface area (Å²) in [4.78, 5) is 26.9. The maximum Gasteiger partial charge on any atom is 0.311 e. The van der Waals surface area contributed by atoms with E-state index >= 15 is 0 Å². The van der Waals surface area contributed by atoms with Crippen molar-refractivity contribution in [3.05, 3.63) is 69.6 Å². The molecule has 9 nitrogen and oxygen atoms in total. The van der Waals surface area contributed by atoms with Crippen molar-refractivity contribution in [2.45, 2.75) is 13.5 Å². The molecule has 0 bridgehead atoms. The Hall–Kier alpha value is -3.75. The number of hydrogen-bond acceptors (Lipinski definition) is 7. The van der Waals surface area contributed by atoms with Crippen LogP contribution >= 0.6 is 0 Å². The van der Waals surface area contributed by atoms with E-state index in [4.69, 9.17) is 9.26 Å². The van der Waals surface area contributed by atoms with Crippen molar-refractivity contribution in [3.8, 4) is 17.1 Å². The van der Waals surface area contributed by atoms with Crippen LogP contribution in [0.3, 0.4) is 0 Å². The second kappa shape index (κ2) is 7.65. The summed E-state index contributed by atoms with van der Waals surface area (Å²) in [6.07, 6.45) is 0. The van der Waals surface area contributed by atoms with Crippen molar-refractivity contribution >= 4 is 11.6 Å². The van der Waals surface area contributed by atoms with Crippen LogP contribution < -0.4 is 10.1 Å². The SMILES string of the molecule is COc1ccc(C(=O)NCc2nc(-c3ccc(C)cc3)no2)cc1[N+](=O)[O-]. The van der Waals surface area contributed by atoms with Crippen molar-refractivity contribution in [3.63, 3.8) is 0 Å². The van der Waals surface area contributed by atoms with E-state index in [1.54, 1.807) is 0 Å². The number of nitrogens with zero attached hydrogens (tertiary/aromatic N) is 3. The Morgan fingerprint density at radius 3 is 2.67 bits per heavy atom. The van der Waals surface area contributed by atoms with Crippen LogP contribution in [0.1, 0.15) is 21.8 Å². The summed E-state index contributed by atoms with van der Waals surface area (Å²) in [6.45, 7) is 1.97. The molecule has 0 atom stereocenters. The molecule has 0 spiro atoms. The van der Waals surface area contributed by atoms with Crippen LogP contribution in [0.15, 0.2) is 47.0 Å². The Bertz CT molecular complexity index is 982. The Morgan fingerprint density at radius 1 is 1.26 bits per heavy atom. The Morgan fingerprint density at radius 2 is 2.00 bits per heavy atom. The molecule has 3 aromatic rings. The minimum absolute atomic E-state index is 0.00246. The van der Waals surface area contributed by atoms with Crippen LogP contribution in [0.25, 0.3) is 11.4 Å². The summed E-state index contributed by atoms with van der Waals surface area (Å²) in [5, 5.41) is 17.5. The van der Waals surface area contributed by atoms with E-state index in [-0.39, 0.29) is 29.4 Å². The average molecular weight is 368 g/mol.